The van der Waals surface area contributed by atoms with Crippen LogP contribution in [0.15, 0.2) is 66.9 Å². The highest BCUT2D eigenvalue weighted by molar-refractivity contribution is 5.92. The summed E-state index contributed by atoms with van der Waals surface area (Å²) in [5.41, 5.74) is 3.97. The van der Waals surface area contributed by atoms with Crippen molar-refractivity contribution in [3.63, 3.8) is 0 Å². The molecule has 1 N–H and O–H groups in total. The Morgan fingerprint density at radius 2 is 1.84 bits per heavy atom. The zero-order valence-electron chi connectivity index (χ0n) is 18.1. The molecule has 6 nitrogen and oxygen atoms in total. The van der Waals surface area contributed by atoms with E-state index in [0.717, 1.165) is 42.9 Å². The molecule has 6 heteroatoms. The van der Waals surface area contributed by atoms with Crippen molar-refractivity contribution in [3.8, 4) is 5.75 Å². The van der Waals surface area contributed by atoms with Gasteiger partial charge in [0.2, 0.25) is 0 Å². The number of nitrogens with one attached hydrogen (secondary N) is 1. The summed E-state index contributed by atoms with van der Waals surface area (Å²) in [4.78, 5) is 15.0. The molecule has 2 aliphatic rings. The minimum atomic E-state index is -0.119. The smallest absolute Gasteiger partial charge is 0.272 e. The van der Waals surface area contributed by atoms with E-state index in [1.54, 1.807) is 6.20 Å². The molecule has 5 rings (SSSR count). The molecule has 2 aromatic carbocycles. The quantitative estimate of drug-likeness (QED) is 0.589. The summed E-state index contributed by atoms with van der Waals surface area (Å²) in [5, 5.41) is 11.2. The first kappa shape index (κ1) is 20.6. The van der Waals surface area contributed by atoms with Crippen LogP contribution in [-0.2, 0) is 13.2 Å². The van der Waals surface area contributed by atoms with E-state index < -0.39 is 0 Å². The van der Waals surface area contributed by atoms with Crippen molar-refractivity contribution in [2.75, 3.05) is 13.1 Å². The van der Waals surface area contributed by atoms with Gasteiger partial charge in [0.1, 0.15) is 12.4 Å². The molecular formula is C26H28N4O2. The molecule has 32 heavy (non-hydrogen) atoms. The molecule has 1 aromatic heterocycles. The summed E-state index contributed by atoms with van der Waals surface area (Å²) >= 11 is 0. The fourth-order valence-electron chi connectivity index (χ4n) is 4.18. The summed E-state index contributed by atoms with van der Waals surface area (Å²) in [7, 11) is 0. The van der Waals surface area contributed by atoms with Crippen LogP contribution in [0.3, 0.4) is 0 Å². The maximum absolute atomic E-state index is 12.6. The van der Waals surface area contributed by atoms with Gasteiger partial charge in [0, 0.05) is 25.7 Å². The maximum Gasteiger partial charge on any atom is 0.272 e. The van der Waals surface area contributed by atoms with Crippen LogP contribution in [0, 0.1) is 0 Å². The summed E-state index contributed by atoms with van der Waals surface area (Å²) in [6.45, 7) is 3.24. The van der Waals surface area contributed by atoms with Crippen LogP contribution in [0.5, 0.6) is 5.75 Å². The summed E-state index contributed by atoms with van der Waals surface area (Å²) < 4.78 is 5.87. The van der Waals surface area contributed by atoms with Crippen LogP contribution in [0.25, 0.3) is 0 Å². The van der Waals surface area contributed by atoms with Gasteiger partial charge in [-0.1, -0.05) is 42.5 Å². The van der Waals surface area contributed by atoms with Gasteiger partial charge in [-0.05, 0) is 60.1 Å². The Bertz CT molecular complexity index is 1050. The van der Waals surface area contributed by atoms with Crippen molar-refractivity contribution in [1.29, 1.82) is 0 Å². The zero-order chi connectivity index (χ0) is 21.8. The molecule has 1 saturated carbocycles. The first-order valence-corrected chi connectivity index (χ1v) is 11.3. The Hall–Kier alpha value is -3.25. The molecule has 2 fully saturated rings. The normalized spacial score (nSPS) is 18.4. The molecule has 1 aliphatic heterocycles. The fraction of sp³-hybridized carbons (Fsp3) is 0.346. The largest absolute Gasteiger partial charge is 0.489 e. The fourth-order valence-corrected chi connectivity index (χ4v) is 4.18. The van der Waals surface area contributed by atoms with Crippen LogP contribution >= 0.6 is 0 Å². The molecular weight excluding hydrogens is 400 g/mol. The Morgan fingerprint density at radius 1 is 1.03 bits per heavy atom. The first-order valence-electron chi connectivity index (χ1n) is 11.3. The van der Waals surface area contributed by atoms with Crippen LogP contribution in [-0.4, -0.2) is 40.1 Å². The van der Waals surface area contributed by atoms with Crippen molar-refractivity contribution in [2.24, 2.45) is 0 Å². The third-order valence-corrected chi connectivity index (χ3v) is 6.14. The SMILES string of the molecule is O=C(N[C@@H]1CCN(Cc2ccc(OCc3ccccc3)cc2)C1)c1cc(C2CC2)cnn1. The molecule has 1 saturated heterocycles. The third kappa shape index (κ3) is 5.32. The van der Waals surface area contributed by atoms with Gasteiger partial charge in [-0.15, -0.1) is 5.10 Å². The number of rotatable bonds is 8. The van der Waals surface area contributed by atoms with Crippen molar-refractivity contribution >= 4 is 5.91 Å². The van der Waals surface area contributed by atoms with Crippen molar-refractivity contribution in [3.05, 3.63) is 89.2 Å². The minimum Gasteiger partial charge on any atom is -0.489 e. The van der Waals surface area contributed by atoms with E-state index in [-0.39, 0.29) is 11.9 Å². The van der Waals surface area contributed by atoms with Crippen molar-refractivity contribution < 1.29 is 9.53 Å². The van der Waals surface area contributed by atoms with Gasteiger partial charge in [0.15, 0.2) is 5.69 Å². The van der Waals surface area contributed by atoms with Crippen LogP contribution in [0.4, 0.5) is 0 Å². The summed E-state index contributed by atoms with van der Waals surface area (Å²) in [6, 6.07) is 20.5. The van der Waals surface area contributed by atoms with Gasteiger partial charge in [-0.25, -0.2) is 0 Å². The van der Waals surface area contributed by atoms with E-state index in [9.17, 15) is 4.79 Å². The van der Waals surface area contributed by atoms with E-state index in [1.165, 1.54) is 18.4 Å². The Balaban J connectivity index is 1.09. The monoisotopic (exact) mass is 428 g/mol. The predicted octanol–water partition coefficient (Wildman–Crippen LogP) is 3.94. The second kappa shape index (κ2) is 9.49. The van der Waals surface area contributed by atoms with Gasteiger partial charge < -0.3 is 10.1 Å². The number of carbonyl (C=O) groups is 1. The molecule has 0 unspecified atom stereocenters. The molecule has 3 aromatic rings. The molecule has 164 valence electrons. The summed E-state index contributed by atoms with van der Waals surface area (Å²) in [6.07, 6.45) is 5.10. The Morgan fingerprint density at radius 3 is 2.62 bits per heavy atom. The van der Waals surface area contributed by atoms with E-state index in [2.05, 4.69) is 44.7 Å². The predicted molar refractivity (Wildman–Crippen MR) is 122 cm³/mol. The third-order valence-electron chi connectivity index (χ3n) is 6.14. The van der Waals surface area contributed by atoms with Gasteiger partial charge in [-0.3, -0.25) is 9.69 Å². The van der Waals surface area contributed by atoms with Crippen LogP contribution < -0.4 is 10.1 Å². The highest BCUT2D eigenvalue weighted by Crippen LogP contribution is 2.39. The van der Waals surface area contributed by atoms with Crippen molar-refractivity contribution in [2.45, 2.75) is 44.4 Å². The van der Waals surface area contributed by atoms with Crippen molar-refractivity contribution in [1.82, 2.24) is 20.4 Å². The lowest BCUT2D eigenvalue weighted by Gasteiger charge is -2.17. The van der Waals surface area contributed by atoms with Gasteiger partial charge in [0.05, 0.1) is 6.20 Å². The molecule has 1 atom stereocenters. The Kier molecular flexibility index (Phi) is 6.12. The van der Waals surface area contributed by atoms with E-state index in [1.807, 2.05) is 36.4 Å². The summed E-state index contributed by atoms with van der Waals surface area (Å²) in [5.74, 6) is 1.32. The highest BCUT2D eigenvalue weighted by atomic mass is 16.5. The number of nitrogens with zero attached hydrogens (tertiary/aromatic N) is 3. The highest BCUT2D eigenvalue weighted by Gasteiger charge is 2.27. The zero-order valence-corrected chi connectivity index (χ0v) is 18.1. The second-order valence-corrected chi connectivity index (χ2v) is 8.76. The number of likely N-dealkylation sites (tertiary alicyclic amines) is 1. The topological polar surface area (TPSA) is 67.4 Å². The van der Waals surface area contributed by atoms with Gasteiger partial charge in [-0.2, -0.15) is 5.10 Å². The van der Waals surface area contributed by atoms with Gasteiger partial charge in [0.25, 0.3) is 5.91 Å². The molecule has 2 heterocycles. The number of ether oxygens (including phenoxy) is 1. The van der Waals surface area contributed by atoms with E-state index >= 15 is 0 Å². The number of carbonyl (C=O) groups excluding carboxylic acids is 1. The Labute approximate surface area is 188 Å². The van der Waals surface area contributed by atoms with Crippen LogP contribution in [0.2, 0.25) is 0 Å². The molecule has 0 radical (unpaired) electrons. The lowest BCUT2D eigenvalue weighted by atomic mass is 10.1. The van der Waals surface area contributed by atoms with Gasteiger partial charge >= 0.3 is 0 Å². The second-order valence-electron chi connectivity index (χ2n) is 8.76. The molecule has 1 aliphatic carbocycles. The minimum absolute atomic E-state index is 0.119. The average molecular weight is 429 g/mol. The number of amides is 1. The van der Waals surface area contributed by atoms with E-state index in [0.29, 0.717) is 18.2 Å². The number of hydrogen-bond acceptors (Lipinski definition) is 5. The molecule has 1 amide bonds. The van der Waals surface area contributed by atoms with Crippen LogP contribution in [0.1, 0.15) is 52.4 Å². The first-order chi connectivity index (χ1) is 15.7. The number of benzene rings is 2. The molecule has 0 spiro atoms. The lowest BCUT2D eigenvalue weighted by Crippen LogP contribution is -2.37. The molecule has 0 bridgehead atoms. The lowest BCUT2D eigenvalue weighted by molar-refractivity contribution is 0.0931. The number of hydrogen-bond donors (Lipinski definition) is 1. The average Bonchev–Trinajstić information content (AvgIpc) is 3.60. The maximum atomic E-state index is 12.6. The number of aromatic nitrogens is 2. The van der Waals surface area contributed by atoms with E-state index in [4.69, 9.17) is 4.74 Å². The standard InChI is InChI=1S/C26H28N4O2/c31-26(25-14-22(15-27-29-25)21-8-9-21)28-23-12-13-30(17-23)16-19-6-10-24(11-7-19)32-18-20-4-2-1-3-5-20/h1-7,10-11,14-15,21,23H,8-9,12-13,16-18H2,(H,28,31)/t23-/m1/s1.